The van der Waals surface area contributed by atoms with E-state index in [1.807, 2.05) is 54.6 Å². The molecule has 0 aliphatic carbocycles. The molecule has 116 valence electrons. The molecule has 3 aromatic rings. The van der Waals surface area contributed by atoms with Gasteiger partial charge < -0.3 is 11.1 Å². The molecular formula is C19H18ClN3. The van der Waals surface area contributed by atoms with Crippen LogP contribution < -0.4 is 11.1 Å². The number of pyridine rings is 1. The van der Waals surface area contributed by atoms with Gasteiger partial charge in [-0.2, -0.15) is 0 Å². The van der Waals surface area contributed by atoms with E-state index >= 15 is 0 Å². The summed E-state index contributed by atoms with van der Waals surface area (Å²) in [4.78, 5) is 4.70. The van der Waals surface area contributed by atoms with Crippen molar-refractivity contribution in [3.63, 3.8) is 0 Å². The van der Waals surface area contributed by atoms with Gasteiger partial charge in [-0.25, -0.2) is 4.98 Å². The van der Waals surface area contributed by atoms with Crippen LogP contribution in [-0.4, -0.2) is 18.1 Å². The highest BCUT2D eigenvalue weighted by Crippen LogP contribution is 2.31. The Morgan fingerprint density at radius 3 is 2.70 bits per heavy atom. The van der Waals surface area contributed by atoms with Crippen LogP contribution in [0, 0.1) is 0 Å². The summed E-state index contributed by atoms with van der Waals surface area (Å²) in [6.07, 6.45) is 0. The van der Waals surface area contributed by atoms with Crippen LogP contribution in [0.1, 0.15) is 11.3 Å². The molecule has 0 saturated carbocycles. The Morgan fingerprint density at radius 2 is 1.87 bits per heavy atom. The monoisotopic (exact) mass is 323 g/mol. The van der Waals surface area contributed by atoms with Gasteiger partial charge in [0, 0.05) is 35.3 Å². The third kappa shape index (κ3) is 3.21. The van der Waals surface area contributed by atoms with E-state index in [1.165, 1.54) is 0 Å². The van der Waals surface area contributed by atoms with E-state index in [-0.39, 0.29) is 0 Å². The molecule has 1 aromatic heterocycles. The highest BCUT2D eigenvalue weighted by atomic mass is 35.5. The molecule has 23 heavy (non-hydrogen) atoms. The summed E-state index contributed by atoms with van der Waals surface area (Å²) >= 11 is 6.40. The molecular weight excluding hydrogens is 306 g/mol. The normalized spacial score (nSPS) is 10.7. The number of para-hydroxylation sites is 2. The standard InChI is InChI=1S/C19H18ClN3/c1-13(14-6-2-4-8-17(14)22-11-10-21)19-12-16(20)15-7-3-5-9-18(15)23-19/h2-9,12,22H,1,10-11,21H2. The Balaban J connectivity index is 2.04. The maximum atomic E-state index is 6.40. The zero-order valence-corrected chi connectivity index (χ0v) is 13.5. The number of nitrogens with one attached hydrogen (secondary N) is 1. The molecule has 0 bridgehead atoms. The van der Waals surface area contributed by atoms with E-state index in [1.54, 1.807) is 0 Å². The predicted molar refractivity (Wildman–Crippen MR) is 98.9 cm³/mol. The lowest BCUT2D eigenvalue weighted by Gasteiger charge is -2.14. The van der Waals surface area contributed by atoms with Crippen molar-refractivity contribution < 1.29 is 0 Å². The highest BCUT2D eigenvalue weighted by Gasteiger charge is 2.11. The number of hydrogen-bond donors (Lipinski definition) is 2. The number of aromatic nitrogens is 1. The molecule has 0 radical (unpaired) electrons. The fraction of sp³-hybridized carbons (Fsp3) is 0.105. The Labute approximate surface area is 140 Å². The van der Waals surface area contributed by atoms with Crippen LogP contribution in [0.2, 0.25) is 5.02 Å². The number of hydrogen-bond acceptors (Lipinski definition) is 3. The molecule has 0 aliphatic heterocycles. The number of fused-ring (bicyclic) bond motifs is 1. The number of nitrogens with two attached hydrogens (primary N) is 1. The highest BCUT2D eigenvalue weighted by molar-refractivity contribution is 6.35. The van der Waals surface area contributed by atoms with Crippen LogP contribution in [0.25, 0.3) is 16.5 Å². The van der Waals surface area contributed by atoms with Crippen LogP contribution in [0.5, 0.6) is 0 Å². The van der Waals surface area contributed by atoms with Crippen LogP contribution >= 0.6 is 11.6 Å². The molecule has 0 spiro atoms. The molecule has 4 heteroatoms. The fourth-order valence-corrected chi connectivity index (χ4v) is 2.80. The lowest BCUT2D eigenvalue weighted by Crippen LogP contribution is -2.14. The molecule has 0 saturated heterocycles. The van der Waals surface area contributed by atoms with Gasteiger partial charge in [0.25, 0.3) is 0 Å². The van der Waals surface area contributed by atoms with Crippen molar-refractivity contribution in [3.05, 3.63) is 77.5 Å². The van der Waals surface area contributed by atoms with E-state index < -0.39 is 0 Å². The van der Waals surface area contributed by atoms with Crippen molar-refractivity contribution in [1.82, 2.24) is 4.98 Å². The van der Waals surface area contributed by atoms with E-state index in [2.05, 4.69) is 11.9 Å². The average molecular weight is 324 g/mol. The first-order chi connectivity index (χ1) is 11.2. The molecule has 0 aliphatic rings. The van der Waals surface area contributed by atoms with Gasteiger partial charge >= 0.3 is 0 Å². The third-order valence-electron chi connectivity index (χ3n) is 3.69. The van der Waals surface area contributed by atoms with Crippen molar-refractivity contribution in [2.75, 3.05) is 18.4 Å². The Kier molecular flexibility index (Phi) is 4.60. The number of benzene rings is 2. The minimum absolute atomic E-state index is 0.570. The first kappa shape index (κ1) is 15.5. The Morgan fingerprint density at radius 1 is 1.13 bits per heavy atom. The molecule has 3 N–H and O–H groups in total. The van der Waals surface area contributed by atoms with Gasteiger partial charge in [-0.3, -0.25) is 0 Å². The van der Waals surface area contributed by atoms with Crippen LogP contribution in [0.4, 0.5) is 5.69 Å². The first-order valence-corrected chi connectivity index (χ1v) is 7.86. The van der Waals surface area contributed by atoms with Crippen molar-refractivity contribution in [3.8, 4) is 0 Å². The van der Waals surface area contributed by atoms with Crippen LogP contribution in [0.15, 0.2) is 61.2 Å². The summed E-state index contributed by atoms with van der Waals surface area (Å²) in [6.45, 7) is 5.49. The van der Waals surface area contributed by atoms with Crippen molar-refractivity contribution in [2.24, 2.45) is 5.73 Å². The summed E-state index contributed by atoms with van der Waals surface area (Å²) in [5.41, 5.74) is 10.0. The Bertz CT molecular complexity index is 858. The topological polar surface area (TPSA) is 50.9 Å². The van der Waals surface area contributed by atoms with Gasteiger partial charge in [-0.05, 0) is 18.2 Å². The van der Waals surface area contributed by atoms with E-state index in [4.69, 9.17) is 22.3 Å². The zero-order chi connectivity index (χ0) is 16.2. The maximum absolute atomic E-state index is 6.40. The number of anilines is 1. The summed E-state index contributed by atoms with van der Waals surface area (Å²) in [7, 11) is 0. The summed E-state index contributed by atoms with van der Waals surface area (Å²) < 4.78 is 0. The minimum Gasteiger partial charge on any atom is -0.383 e. The van der Waals surface area contributed by atoms with Gasteiger partial charge in [0.15, 0.2) is 0 Å². The van der Waals surface area contributed by atoms with Crippen molar-refractivity contribution in [2.45, 2.75) is 0 Å². The summed E-state index contributed by atoms with van der Waals surface area (Å²) in [5, 5.41) is 4.94. The lowest BCUT2D eigenvalue weighted by atomic mass is 10.0. The Hall–Kier alpha value is -2.36. The maximum Gasteiger partial charge on any atom is 0.0725 e. The number of halogens is 1. The number of nitrogens with zero attached hydrogens (tertiary/aromatic N) is 1. The predicted octanol–water partition coefficient (Wildman–Crippen LogP) is 4.32. The van der Waals surface area contributed by atoms with E-state index in [0.29, 0.717) is 18.1 Å². The quantitative estimate of drug-likeness (QED) is 0.735. The van der Waals surface area contributed by atoms with E-state index in [9.17, 15) is 0 Å². The second-order valence-corrected chi connectivity index (χ2v) is 5.65. The van der Waals surface area contributed by atoms with Gasteiger partial charge in [0.05, 0.1) is 16.2 Å². The molecule has 0 atom stereocenters. The smallest absolute Gasteiger partial charge is 0.0725 e. The minimum atomic E-state index is 0.570. The lowest BCUT2D eigenvalue weighted by molar-refractivity contribution is 1.02. The molecule has 3 rings (SSSR count). The van der Waals surface area contributed by atoms with Gasteiger partial charge in [0.1, 0.15) is 0 Å². The SMILES string of the molecule is C=C(c1cc(Cl)c2ccccc2n1)c1ccccc1NCCN. The molecule has 2 aromatic carbocycles. The van der Waals surface area contributed by atoms with Gasteiger partial charge in [0.2, 0.25) is 0 Å². The fourth-order valence-electron chi connectivity index (χ4n) is 2.53. The third-order valence-corrected chi connectivity index (χ3v) is 4.00. The van der Waals surface area contributed by atoms with Crippen LogP contribution in [-0.2, 0) is 0 Å². The second kappa shape index (κ2) is 6.82. The number of rotatable bonds is 5. The zero-order valence-electron chi connectivity index (χ0n) is 12.7. The largest absolute Gasteiger partial charge is 0.383 e. The van der Waals surface area contributed by atoms with Gasteiger partial charge in [-0.15, -0.1) is 0 Å². The van der Waals surface area contributed by atoms with Crippen LogP contribution in [0.3, 0.4) is 0 Å². The average Bonchev–Trinajstić information content (AvgIpc) is 2.59. The second-order valence-electron chi connectivity index (χ2n) is 5.25. The van der Waals surface area contributed by atoms with E-state index in [0.717, 1.165) is 33.4 Å². The molecule has 0 amide bonds. The molecule has 0 unspecified atom stereocenters. The van der Waals surface area contributed by atoms with Gasteiger partial charge in [-0.1, -0.05) is 54.6 Å². The summed E-state index contributed by atoms with van der Waals surface area (Å²) in [5.74, 6) is 0. The molecule has 3 nitrogen and oxygen atoms in total. The summed E-state index contributed by atoms with van der Waals surface area (Å²) in [6, 6.07) is 17.7. The molecule has 1 heterocycles. The first-order valence-electron chi connectivity index (χ1n) is 7.48. The molecule has 0 fully saturated rings. The van der Waals surface area contributed by atoms with Crippen molar-refractivity contribution in [1.29, 1.82) is 0 Å². The van der Waals surface area contributed by atoms with Crippen molar-refractivity contribution >= 4 is 33.8 Å².